The van der Waals surface area contributed by atoms with E-state index >= 15 is 4.79 Å². The minimum atomic E-state index is -4.82. The Bertz CT molecular complexity index is 3100. The molecule has 0 radical (unpaired) electrons. The van der Waals surface area contributed by atoms with Crippen molar-refractivity contribution in [1.29, 1.82) is 0 Å². The van der Waals surface area contributed by atoms with Crippen LogP contribution in [0.15, 0.2) is 18.2 Å². The quantitative estimate of drug-likeness (QED) is 0.188. The fourth-order valence-electron chi connectivity index (χ4n) is 14.3. The Balaban J connectivity index is 1.42. The van der Waals surface area contributed by atoms with Crippen LogP contribution in [0.25, 0.3) is 0 Å². The molecular formula is C70H106ClF5N12O12. The van der Waals surface area contributed by atoms with Crippen LogP contribution in [-0.2, 0) is 70.1 Å². The van der Waals surface area contributed by atoms with E-state index in [-0.39, 0.29) is 68.8 Å². The fraction of sp³-hybridized carbons (Fsp3) is 0.743. The van der Waals surface area contributed by atoms with Crippen molar-refractivity contribution in [3.63, 3.8) is 0 Å². The zero-order chi connectivity index (χ0) is 74.3. The summed E-state index contributed by atoms with van der Waals surface area (Å²) in [5.74, 6) is -13.0. The monoisotopic (exact) mass is 1440 g/mol. The number of likely N-dealkylation sites (N-methyl/N-ethyl adjacent to an activating group) is 6. The smallest absolute Gasteiger partial charge is 0.343 e. The standard InChI is InChI=1S/C70H106ClF5N12O12/c1-12-44(4)60-66(99)83(8)41-58(92)81(6)42-59(93)85(10)53(37-46-21-15-13-16-22-46)64(97)82(7)39-55(89)78-51(26-24-47-23-25-49(50(71)36-47)70(74,75)76)63(96)88(48-27-31-69(72,73)32-28-48)40-56(90)80-68(29-17-18-30-68)67(100)77-45(5)62(95)86(11)54(65(98)87-33-19-14-20-34-87)38-57(91)84(9)52(35-43(2)3)61(94)79-60/h23,25,36,43-46,48,51-54,60H,12-22,24,26-35,37-42H2,1-11H3,(H,77,100)(H,78,89)(H,79,94)(H,80,90)/t44-,45+,51-,52-,53-,54-,60?/m0/s1. The lowest BCUT2D eigenvalue weighted by Crippen LogP contribution is -2.63. The third-order valence-corrected chi connectivity index (χ3v) is 21.2. The summed E-state index contributed by atoms with van der Waals surface area (Å²) in [7, 11) is 8.11. The fourth-order valence-corrected chi connectivity index (χ4v) is 14.6. The molecule has 2 aliphatic heterocycles. The van der Waals surface area contributed by atoms with E-state index in [9.17, 15) is 74.7 Å². The molecule has 6 rings (SSSR count). The van der Waals surface area contributed by atoms with E-state index in [1.54, 1.807) is 18.7 Å². The molecule has 2 saturated heterocycles. The van der Waals surface area contributed by atoms with Gasteiger partial charge in [-0.25, -0.2) is 8.78 Å². The largest absolute Gasteiger partial charge is 0.417 e. The number of likely N-dealkylation sites (tertiary alicyclic amines) is 1. The number of halogens is 6. The predicted octanol–water partition coefficient (Wildman–Crippen LogP) is 5.94. The second-order valence-electron chi connectivity index (χ2n) is 29.0. The summed E-state index contributed by atoms with van der Waals surface area (Å²) in [6.45, 7) is 6.52. The van der Waals surface area contributed by atoms with E-state index < -0.39 is 193 Å². The van der Waals surface area contributed by atoms with E-state index in [4.69, 9.17) is 11.6 Å². The summed E-state index contributed by atoms with van der Waals surface area (Å²) in [6.07, 6.45) is -0.229. The molecule has 4 N–H and O–H groups in total. The topological polar surface area (TPSA) is 279 Å². The lowest BCUT2D eigenvalue weighted by Gasteiger charge is -2.39. The van der Waals surface area contributed by atoms with Crippen LogP contribution in [0.5, 0.6) is 0 Å². The highest BCUT2D eigenvalue weighted by atomic mass is 35.5. The first kappa shape index (κ1) is 81.8. The molecule has 1 unspecified atom stereocenters. The molecule has 1 spiro atoms. The van der Waals surface area contributed by atoms with Gasteiger partial charge in [0, 0.05) is 74.3 Å². The molecule has 7 atom stereocenters. The second kappa shape index (κ2) is 36.1. The molecule has 3 aliphatic carbocycles. The van der Waals surface area contributed by atoms with Crippen molar-refractivity contribution in [3.05, 3.63) is 34.3 Å². The van der Waals surface area contributed by atoms with Gasteiger partial charge in [-0.1, -0.05) is 96.7 Å². The molecule has 5 aliphatic rings. The van der Waals surface area contributed by atoms with Crippen LogP contribution in [0.1, 0.15) is 181 Å². The van der Waals surface area contributed by atoms with Gasteiger partial charge in [0.15, 0.2) is 0 Å². The highest BCUT2D eigenvalue weighted by molar-refractivity contribution is 6.31. The Kier molecular flexibility index (Phi) is 29.5. The van der Waals surface area contributed by atoms with E-state index in [2.05, 4.69) is 21.3 Å². The lowest BCUT2D eigenvalue weighted by molar-refractivity contribution is -0.151. The van der Waals surface area contributed by atoms with Crippen LogP contribution in [-0.4, -0.2) is 245 Å². The average Bonchev–Trinajstić information content (AvgIpc) is 0.942. The molecule has 1 aromatic carbocycles. The highest BCUT2D eigenvalue weighted by Crippen LogP contribution is 2.38. The zero-order valence-electron chi connectivity index (χ0n) is 60.0. The van der Waals surface area contributed by atoms with Gasteiger partial charge in [-0.3, -0.25) is 57.5 Å². The first-order chi connectivity index (χ1) is 46.9. The Labute approximate surface area is 589 Å². The number of hydrogen-bond acceptors (Lipinski definition) is 12. The molecule has 12 amide bonds. The van der Waals surface area contributed by atoms with Gasteiger partial charge in [0.05, 0.1) is 43.2 Å². The van der Waals surface area contributed by atoms with Crippen LogP contribution in [0.3, 0.4) is 0 Å². The van der Waals surface area contributed by atoms with E-state index in [1.807, 2.05) is 13.8 Å². The van der Waals surface area contributed by atoms with Crippen molar-refractivity contribution in [2.24, 2.45) is 17.8 Å². The van der Waals surface area contributed by atoms with E-state index in [0.29, 0.717) is 45.2 Å². The average molecular weight is 1440 g/mol. The first-order valence-electron chi connectivity index (χ1n) is 35.4. The number of carbonyl (C=O) groups is 12. The van der Waals surface area contributed by atoms with Crippen molar-refractivity contribution in [2.75, 3.05) is 81.6 Å². The minimum absolute atomic E-state index is 0.0331. The minimum Gasteiger partial charge on any atom is -0.343 e. The number of hydrogen-bond donors (Lipinski definition) is 4. The number of amides is 12. The van der Waals surface area contributed by atoms with Crippen LogP contribution in [0, 0.1) is 17.8 Å². The predicted molar refractivity (Wildman–Crippen MR) is 362 cm³/mol. The van der Waals surface area contributed by atoms with E-state index in [1.165, 1.54) is 59.0 Å². The number of alkyl halides is 5. The number of benzene rings is 1. The van der Waals surface area contributed by atoms with Crippen molar-refractivity contribution in [3.8, 4) is 0 Å². The summed E-state index contributed by atoms with van der Waals surface area (Å²) < 4.78 is 71.6. The number of nitrogens with zero attached hydrogens (tertiary/aromatic N) is 8. The summed E-state index contributed by atoms with van der Waals surface area (Å²) >= 11 is 6.13. The molecule has 560 valence electrons. The first-order valence-corrected chi connectivity index (χ1v) is 35.8. The normalized spacial score (nSPS) is 26.1. The second-order valence-corrected chi connectivity index (χ2v) is 29.4. The van der Waals surface area contributed by atoms with E-state index in [0.717, 1.165) is 81.2 Å². The maximum atomic E-state index is 15.4. The third-order valence-electron chi connectivity index (χ3n) is 20.9. The van der Waals surface area contributed by atoms with Crippen molar-refractivity contribution >= 4 is 82.5 Å². The van der Waals surface area contributed by atoms with Crippen LogP contribution in [0.2, 0.25) is 5.02 Å². The van der Waals surface area contributed by atoms with Crippen molar-refractivity contribution in [2.45, 2.75) is 236 Å². The van der Waals surface area contributed by atoms with Crippen molar-refractivity contribution in [1.82, 2.24) is 60.5 Å². The molecule has 100 heavy (non-hydrogen) atoms. The zero-order valence-corrected chi connectivity index (χ0v) is 60.8. The maximum Gasteiger partial charge on any atom is 0.417 e. The summed E-state index contributed by atoms with van der Waals surface area (Å²) in [5.41, 5.74) is -2.65. The molecule has 2 heterocycles. The Morgan fingerprint density at radius 2 is 1.23 bits per heavy atom. The van der Waals surface area contributed by atoms with Crippen molar-refractivity contribution < 1.29 is 79.5 Å². The van der Waals surface area contributed by atoms with Gasteiger partial charge in [0.25, 0.3) is 0 Å². The molecule has 3 saturated carbocycles. The van der Waals surface area contributed by atoms with Gasteiger partial charge in [-0.05, 0) is 113 Å². The number of aryl methyl sites for hydroxylation is 1. The summed E-state index contributed by atoms with van der Waals surface area (Å²) in [6, 6.07) is -6.27. The number of rotatable bonds is 11. The van der Waals surface area contributed by atoms with Gasteiger partial charge in [0.2, 0.25) is 76.8 Å². The van der Waals surface area contributed by atoms with Gasteiger partial charge in [0.1, 0.15) is 41.8 Å². The summed E-state index contributed by atoms with van der Waals surface area (Å²) in [4.78, 5) is 186. The number of nitrogens with one attached hydrogen (secondary N) is 4. The molecule has 5 fully saturated rings. The van der Waals surface area contributed by atoms with Crippen LogP contribution in [0.4, 0.5) is 22.0 Å². The Morgan fingerprint density at radius 3 is 1.82 bits per heavy atom. The molecule has 30 heteroatoms. The van der Waals surface area contributed by atoms with Crippen LogP contribution >= 0.6 is 11.6 Å². The SMILES string of the molecule is CC[C@H](C)C1NC(=O)[C@H](CC(C)C)N(C)C(=O)C[C@@H](C(=O)N2CCCCC2)N(C)C(=O)[C@@H](C)NC(=O)C2(CCCC2)NC(=O)CN(C2CCC(F)(F)CC2)C(=O)[C@H](CCc2ccc(C(F)(F)F)c(Cl)c2)NC(=O)CN(C)C(=O)[C@H](CC2CCCCC2)N(C)C(=O)CN(C)C(=O)CN(C)C1=O. The Hall–Kier alpha value is -7.20. The highest BCUT2D eigenvalue weighted by Gasteiger charge is 2.47. The van der Waals surface area contributed by atoms with Gasteiger partial charge >= 0.3 is 6.18 Å². The number of carbonyl (C=O) groups excluding carboxylic acids is 12. The molecule has 0 bridgehead atoms. The molecular weight excluding hydrogens is 1330 g/mol. The molecule has 24 nitrogen and oxygen atoms in total. The molecule has 0 aromatic heterocycles. The lowest BCUT2D eigenvalue weighted by atomic mass is 9.84. The summed E-state index contributed by atoms with van der Waals surface area (Å²) in [5, 5.41) is 10.4. The molecule has 1 aromatic rings. The number of piperidine rings is 1. The Morgan fingerprint density at radius 1 is 0.640 bits per heavy atom. The van der Waals surface area contributed by atoms with Gasteiger partial charge < -0.3 is 60.5 Å². The van der Waals surface area contributed by atoms with Crippen LogP contribution < -0.4 is 21.3 Å². The third kappa shape index (κ3) is 21.9. The maximum absolute atomic E-state index is 15.4. The van der Waals surface area contributed by atoms with Gasteiger partial charge in [-0.2, -0.15) is 13.2 Å². The van der Waals surface area contributed by atoms with Gasteiger partial charge in [-0.15, -0.1) is 0 Å².